The molecule has 0 aliphatic rings. The lowest BCUT2D eigenvalue weighted by atomic mass is 10.1. The molecule has 0 spiro atoms. The van der Waals surface area contributed by atoms with Gasteiger partial charge in [-0.15, -0.1) is 0 Å². The molecule has 1 aromatic rings. The first-order chi connectivity index (χ1) is 8.79. The van der Waals surface area contributed by atoms with Crippen molar-refractivity contribution in [1.29, 1.82) is 0 Å². The van der Waals surface area contributed by atoms with Gasteiger partial charge in [0.2, 0.25) is 10.0 Å². The highest BCUT2D eigenvalue weighted by molar-refractivity contribution is 7.89. The molecule has 0 aliphatic heterocycles. The first-order valence-corrected chi connectivity index (χ1v) is 7.76. The lowest BCUT2D eigenvalue weighted by molar-refractivity contribution is 0.279. The van der Waals surface area contributed by atoms with Gasteiger partial charge in [-0.25, -0.2) is 13.1 Å². The topological polar surface area (TPSA) is 92.4 Å². The molecule has 0 aromatic heterocycles. The molecule has 0 amide bonds. The quantitative estimate of drug-likeness (QED) is 0.688. The zero-order valence-corrected chi connectivity index (χ0v) is 12.4. The number of hydrogen-bond acceptors (Lipinski definition) is 4. The number of nitrogen functional groups attached to an aromatic ring is 1. The normalized spacial score (nSPS) is 13.5. The zero-order valence-electron chi connectivity index (χ0n) is 11.6. The van der Waals surface area contributed by atoms with Crippen molar-refractivity contribution < 1.29 is 13.5 Å². The molecule has 0 radical (unpaired) electrons. The summed E-state index contributed by atoms with van der Waals surface area (Å²) in [5, 5.41) is 8.76. The highest BCUT2D eigenvalue weighted by atomic mass is 32.2. The van der Waals surface area contributed by atoms with E-state index in [9.17, 15) is 8.42 Å². The summed E-state index contributed by atoms with van der Waals surface area (Å²) in [6.45, 7) is 5.29. The third-order valence-corrected chi connectivity index (χ3v) is 4.94. The average Bonchev–Trinajstić information content (AvgIpc) is 2.31. The number of aryl methyl sites for hydroxylation is 1. The first-order valence-electron chi connectivity index (χ1n) is 6.28. The van der Waals surface area contributed by atoms with Crippen LogP contribution in [0, 0.1) is 13.8 Å². The number of aliphatic hydroxyl groups is 1. The Kier molecular flexibility index (Phi) is 5.34. The van der Waals surface area contributed by atoms with Crippen molar-refractivity contribution in [2.75, 3.05) is 12.3 Å². The maximum Gasteiger partial charge on any atom is 0.241 e. The first kappa shape index (κ1) is 15.9. The van der Waals surface area contributed by atoms with E-state index in [0.717, 1.165) is 0 Å². The van der Waals surface area contributed by atoms with Gasteiger partial charge in [-0.2, -0.15) is 0 Å². The van der Waals surface area contributed by atoms with Crippen molar-refractivity contribution in [3.8, 4) is 0 Å². The van der Waals surface area contributed by atoms with E-state index in [1.54, 1.807) is 32.9 Å². The molecule has 0 aliphatic carbocycles. The van der Waals surface area contributed by atoms with Crippen LogP contribution in [0.2, 0.25) is 0 Å². The predicted octanol–water partition coefficient (Wildman–Crippen LogP) is 1.32. The molecule has 0 saturated heterocycles. The molecule has 5 nitrogen and oxygen atoms in total. The van der Waals surface area contributed by atoms with Gasteiger partial charge in [-0.1, -0.05) is 6.07 Å². The van der Waals surface area contributed by atoms with Gasteiger partial charge in [-0.05, 0) is 50.8 Å². The standard InChI is InChI=1S/C13H22N2O3S/c1-9-6-7-12(14)11(3)13(9)19(17,18)15-10(2)5-4-8-16/h6-7,10,15-16H,4-5,8,14H2,1-3H3. The Hall–Kier alpha value is -1.11. The predicted molar refractivity (Wildman–Crippen MR) is 76.4 cm³/mol. The van der Waals surface area contributed by atoms with Crippen LogP contribution in [0.3, 0.4) is 0 Å². The van der Waals surface area contributed by atoms with Crippen LogP contribution in [-0.4, -0.2) is 26.2 Å². The smallest absolute Gasteiger partial charge is 0.241 e. The van der Waals surface area contributed by atoms with Crippen LogP contribution in [0.25, 0.3) is 0 Å². The van der Waals surface area contributed by atoms with Gasteiger partial charge in [0.1, 0.15) is 0 Å². The minimum atomic E-state index is -3.59. The van der Waals surface area contributed by atoms with Gasteiger partial charge >= 0.3 is 0 Å². The van der Waals surface area contributed by atoms with E-state index in [2.05, 4.69) is 4.72 Å². The summed E-state index contributed by atoms with van der Waals surface area (Å²) in [6.07, 6.45) is 1.16. The molecule has 6 heteroatoms. The van der Waals surface area contributed by atoms with Gasteiger partial charge in [0.15, 0.2) is 0 Å². The number of hydrogen-bond donors (Lipinski definition) is 3. The number of anilines is 1. The van der Waals surface area contributed by atoms with Crippen LogP contribution >= 0.6 is 0 Å². The molecular formula is C13H22N2O3S. The summed E-state index contributed by atoms with van der Waals surface area (Å²) in [7, 11) is -3.59. The van der Waals surface area contributed by atoms with Gasteiger partial charge in [0, 0.05) is 18.3 Å². The van der Waals surface area contributed by atoms with Crippen LogP contribution in [0.1, 0.15) is 30.9 Å². The molecular weight excluding hydrogens is 264 g/mol. The Morgan fingerprint density at radius 3 is 2.58 bits per heavy atom. The number of rotatable bonds is 6. The highest BCUT2D eigenvalue weighted by Gasteiger charge is 2.22. The third-order valence-electron chi connectivity index (χ3n) is 3.06. The largest absolute Gasteiger partial charge is 0.398 e. The van der Waals surface area contributed by atoms with E-state index in [1.807, 2.05) is 0 Å². The number of sulfonamides is 1. The lowest BCUT2D eigenvalue weighted by Gasteiger charge is -2.17. The van der Waals surface area contributed by atoms with Crippen molar-refractivity contribution in [3.63, 3.8) is 0 Å². The molecule has 0 fully saturated rings. The van der Waals surface area contributed by atoms with E-state index in [0.29, 0.717) is 29.7 Å². The fourth-order valence-electron chi connectivity index (χ4n) is 2.04. The highest BCUT2D eigenvalue weighted by Crippen LogP contribution is 2.24. The molecule has 1 rings (SSSR count). The summed E-state index contributed by atoms with van der Waals surface area (Å²) in [5.41, 5.74) is 7.48. The van der Waals surface area contributed by atoms with Crippen LogP contribution in [0.15, 0.2) is 17.0 Å². The van der Waals surface area contributed by atoms with E-state index < -0.39 is 10.0 Å². The summed E-state index contributed by atoms with van der Waals surface area (Å²) < 4.78 is 27.4. The van der Waals surface area contributed by atoms with Crippen molar-refractivity contribution in [1.82, 2.24) is 4.72 Å². The lowest BCUT2D eigenvalue weighted by Crippen LogP contribution is -2.33. The Bertz CT molecular complexity index is 541. The molecule has 0 saturated carbocycles. The molecule has 19 heavy (non-hydrogen) atoms. The fraction of sp³-hybridized carbons (Fsp3) is 0.538. The summed E-state index contributed by atoms with van der Waals surface area (Å²) in [4.78, 5) is 0.253. The van der Waals surface area contributed by atoms with Gasteiger partial charge in [0.05, 0.1) is 4.90 Å². The third kappa shape index (κ3) is 3.92. The zero-order chi connectivity index (χ0) is 14.6. The Morgan fingerprint density at radius 2 is 2.00 bits per heavy atom. The minimum Gasteiger partial charge on any atom is -0.398 e. The van der Waals surface area contributed by atoms with Crippen LogP contribution < -0.4 is 10.5 Å². The Balaban J connectivity index is 3.04. The Labute approximate surface area is 114 Å². The maximum atomic E-state index is 12.4. The molecule has 0 heterocycles. The van der Waals surface area contributed by atoms with Gasteiger partial charge < -0.3 is 10.8 Å². The SMILES string of the molecule is Cc1ccc(N)c(C)c1S(=O)(=O)NC(C)CCCO. The number of nitrogens with one attached hydrogen (secondary N) is 1. The second-order valence-corrected chi connectivity index (χ2v) is 6.46. The van der Waals surface area contributed by atoms with E-state index in [1.165, 1.54) is 0 Å². The molecule has 1 unspecified atom stereocenters. The van der Waals surface area contributed by atoms with E-state index in [4.69, 9.17) is 10.8 Å². The van der Waals surface area contributed by atoms with Gasteiger partial charge in [0.25, 0.3) is 0 Å². The summed E-state index contributed by atoms with van der Waals surface area (Å²) in [6, 6.07) is 3.19. The number of aliphatic hydroxyl groups excluding tert-OH is 1. The Morgan fingerprint density at radius 1 is 1.37 bits per heavy atom. The monoisotopic (exact) mass is 286 g/mol. The molecule has 108 valence electrons. The van der Waals surface area contributed by atoms with Crippen molar-refractivity contribution in [2.24, 2.45) is 0 Å². The van der Waals surface area contributed by atoms with Crippen molar-refractivity contribution in [2.45, 2.75) is 44.6 Å². The van der Waals surface area contributed by atoms with Crippen molar-refractivity contribution >= 4 is 15.7 Å². The summed E-state index contributed by atoms with van der Waals surface area (Å²) >= 11 is 0. The number of nitrogens with two attached hydrogens (primary N) is 1. The van der Waals surface area contributed by atoms with Crippen LogP contribution in [0.4, 0.5) is 5.69 Å². The molecule has 1 aromatic carbocycles. The van der Waals surface area contributed by atoms with E-state index >= 15 is 0 Å². The second-order valence-electron chi connectivity index (χ2n) is 4.81. The van der Waals surface area contributed by atoms with Gasteiger partial charge in [-0.3, -0.25) is 0 Å². The maximum absolute atomic E-state index is 12.4. The summed E-state index contributed by atoms with van der Waals surface area (Å²) in [5.74, 6) is 0. The average molecular weight is 286 g/mol. The molecule has 0 bridgehead atoms. The number of benzene rings is 1. The fourth-order valence-corrected chi connectivity index (χ4v) is 3.81. The second kappa shape index (κ2) is 6.36. The minimum absolute atomic E-state index is 0.0579. The van der Waals surface area contributed by atoms with E-state index in [-0.39, 0.29) is 17.5 Å². The van der Waals surface area contributed by atoms with Crippen LogP contribution in [0.5, 0.6) is 0 Å². The molecule has 1 atom stereocenters. The van der Waals surface area contributed by atoms with Crippen molar-refractivity contribution in [3.05, 3.63) is 23.3 Å². The molecule has 4 N–H and O–H groups in total. The van der Waals surface area contributed by atoms with Crippen LogP contribution in [-0.2, 0) is 10.0 Å².